The van der Waals surface area contributed by atoms with Gasteiger partial charge in [-0.1, -0.05) is 51.0 Å². The van der Waals surface area contributed by atoms with Gasteiger partial charge in [0.15, 0.2) is 0 Å². The van der Waals surface area contributed by atoms with Crippen LogP contribution in [-0.2, 0) is 0 Å². The van der Waals surface area contributed by atoms with Gasteiger partial charge >= 0.3 is 0 Å². The monoisotopic (exact) mass is 203 g/mol. The van der Waals surface area contributed by atoms with E-state index in [4.69, 9.17) is 5.73 Å². The molecule has 1 saturated carbocycles. The molecule has 1 aromatic rings. The summed E-state index contributed by atoms with van der Waals surface area (Å²) in [6, 6.07) is 9.02. The lowest BCUT2D eigenvalue weighted by molar-refractivity contribution is 0.596. The van der Waals surface area contributed by atoms with Gasteiger partial charge in [-0.3, -0.25) is 0 Å². The van der Waals surface area contributed by atoms with E-state index < -0.39 is 0 Å². The van der Waals surface area contributed by atoms with E-state index in [9.17, 15) is 0 Å². The summed E-state index contributed by atoms with van der Waals surface area (Å²) in [5.41, 5.74) is 8.92. The molecule has 0 bridgehead atoms. The van der Waals surface area contributed by atoms with E-state index in [1.54, 1.807) is 0 Å². The van der Waals surface area contributed by atoms with E-state index in [0.717, 1.165) is 5.92 Å². The summed E-state index contributed by atoms with van der Waals surface area (Å²) in [5.74, 6) is 1.50. The van der Waals surface area contributed by atoms with Crippen molar-refractivity contribution in [3.8, 4) is 0 Å². The van der Waals surface area contributed by atoms with Gasteiger partial charge in [0, 0.05) is 6.04 Å². The third kappa shape index (κ3) is 2.82. The van der Waals surface area contributed by atoms with Crippen LogP contribution in [0.2, 0.25) is 0 Å². The predicted octanol–water partition coefficient (Wildman–Crippen LogP) is 3.61. The van der Waals surface area contributed by atoms with Crippen molar-refractivity contribution in [2.75, 3.05) is 0 Å². The SMILES string of the molecule is CC(C)c1cccc([C@@H](N)CC2CC2)c1. The van der Waals surface area contributed by atoms with Crippen molar-refractivity contribution in [1.29, 1.82) is 0 Å². The summed E-state index contributed by atoms with van der Waals surface area (Å²) in [4.78, 5) is 0. The molecule has 0 aromatic heterocycles. The van der Waals surface area contributed by atoms with Crippen molar-refractivity contribution in [2.45, 2.75) is 45.1 Å². The van der Waals surface area contributed by atoms with Crippen molar-refractivity contribution in [2.24, 2.45) is 11.7 Å². The van der Waals surface area contributed by atoms with Crippen LogP contribution in [-0.4, -0.2) is 0 Å². The van der Waals surface area contributed by atoms with Gasteiger partial charge in [0.1, 0.15) is 0 Å². The minimum Gasteiger partial charge on any atom is -0.324 e. The molecule has 0 spiro atoms. The maximum atomic E-state index is 6.20. The van der Waals surface area contributed by atoms with E-state index in [-0.39, 0.29) is 6.04 Å². The van der Waals surface area contributed by atoms with Gasteiger partial charge in [0.2, 0.25) is 0 Å². The Bertz CT molecular complexity index is 326. The second kappa shape index (κ2) is 4.36. The zero-order chi connectivity index (χ0) is 10.8. The summed E-state index contributed by atoms with van der Waals surface area (Å²) in [7, 11) is 0. The van der Waals surface area contributed by atoms with Crippen molar-refractivity contribution < 1.29 is 0 Å². The van der Waals surface area contributed by atoms with Crippen LogP contribution in [0.15, 0.2) is 24.3 Å². The molecule has 1 aromatic carbocycles. The molecule has 1 fully saturated rings. The molecule has 15 heavy (non-hydrogen) atoms. The first kappa shape index (κ1) is 10.7. The van der Waals surface area contributed by atoms with Crippen molar-refractivity contribution >= 4 is 0 Å². The Hall–Kier alpha value is -0.820. The molecule has 0 saturated heterocycles. The number of hydrogen-bond acceptors (Lipinski definition) is 1. The maximum Gasteiger partial charge on any atom is 0.0297 e. The first-order valence-electron chi connectivity index (χ1n) is 6.02. The Labute approximate surface area is 92.7 Å². The number of benzene rings is 1. The van der Waals surface area contributed by atoms with E-state index in [2.05, 4.69) is 38.1 Å². The Kier molecular flexibility index (Phi) is 3.11. The van der Waals surface area contributed by atoms with E-state index in [1.165, 1.54) is 30.4 Å². The van der Waals surface area contributed by atoms with Crippen LogP contribution in [0.3, 0.4) is 0 Å². The highest BCUT2D eigenvalue weighted by Crippen LogP contribution is 2.36. The Balaban J connectivity index is 2.08. The molecule has 0 aliphatic heterocycles. The molecule has 2 rings (SSSR count). The van der Waals surface area contributed by atoms with Gasteiger partial charge < -0.3 is 5.73 Å². The van der Waals surface area contributed by atoms with Crippen LogP contribution < -0.4 is 5.73 Å². The number of rotatable bonds is 4. The first-order chi connectivity index (χ1) is 7.16. The molecule has 1 aliphatic carbocycles. The maximum absolute atomic E-state index is 6.20. The van der Waals surface area contributed by atoms with E-state index in [1.807, 2.05) is 0 Å². The Morgan fingerprint density at radius 2 is 1.93 bits per heavy atom. The normalized spacial score (nSPS) is 18.1. The Morgan fingerprint density at radius 3 is 2.53 bits per heavy atom. The van der Waals surface area contributed by atoms with Crippen LogP contribution in [0, 0.1) is 5.92 Å². The van der Waals surface area contributed by atoms with E-state index >= 15 is 0 Å². The zero-order valence-electron chi connectivity index (χ0n) is 9.74. The van der Waals surface area contributed by atoms with Crippen LogP contribution in [0.5, 0.6) is 0 Å². The van der Waals surface area contributed by atoms with Gasteiger partial charge in [0.05, 0.1) is 0 Å². The minimum absolute atomic E-state index is 0.246. The Morgan fingerprint density at radius 1 is 1.27 bits per heavy atom. The van der Waals surface area contributed by atoms with Crippen LogP contribution in [0.4, 0.5) is 0 Å². The molecule has 0 radical (unpaired) electrons. The van der Waals surface area contributed by atoms with Crippen molar-refractivity contribution in [3.05, 3.63) is 35.4 Å². The highest BCUT2D eigenvalue weighted by Gasteiger charge is 2.24. The molecule has 1 heteroatoms. The highest BCUT2D eigenvalue weighted by atomic mass is 14.6. The summed E-state index contributed by atoms with van der Waals surface area (Å²) in [6.07, 6.45) is 3.94. The fraction of sp³-hybridized carbons (Fsp3) is 0.571. The summed E-state index contributed by atoms with van der Waals surface area (Å²) < 4.78 is 0. The van der Waals surface area contributed by atoms with Crippen molar-refractivity contribution in [3.63, 3.8) is 0 Å². The third-order valence-electron chi connectivity index (χ3n) is 3.29. The molecule has 82 valence electrons. The molecule has 0 heterocycles. The molecule has 0 unspecified atom stereocenters. The summed E-state index contributed by atoms with van der Waals surface area (Å²) in [5, 5.41) is 0. The summed E-state index contributed by atoms with van der Waals surface area (Å²) >= 11 is 0. The molecular weight excluding hydrogens is 182 g/mol. The van der Waals surface area contributed by atoms with Gasteiger partial charge in [-0.15, -0.1) is 0 Å². The van der Waals surface area contributed by atoms with Gasteiger partial charge in [-0.25, -0.2) is 0 Å². The molecule has 1 aliphatic rings. The predicted molar refractivity (Wildman–Crippen MR) is 64.8 cm³/mol. The van der Waals surface area contributed by atoms with Crippen LogP contribution in [0.25, 0.3) is 0 Å². The average Bonchev–Trinajstić information content (AvgIpc) is 3.02. The first-order valence-corrected chi connectivity index (χ1v) is 6.02. The average molecular weight is 203 g/mol. The summed E-state index contributed by atoms with van der Waals surface area (Å²) in [6.45, 7) is 4.46. The van der Waals surface area contributed by atoms with Crippen molar-refractivity contribution in [1.82, 2.24) is 0 Å². The zero-order valence-corrected chi connectivity index (χ0v) is 9.74. The number of nitrogens with two attached hydrogens (primary N) is 1. The van der Waals surface area contributed by atoms with Gasteiger partial charge in [0.25, 0.3) is 0 Å². The fourth-order valence-electron chi connectivity index (χ4n) is 2.00. The lowest BCUT2D eigenvalue weighted by atomic mass is 9.96. The standard InChI is InChI=1S/C14H21N/c1-10(2)12-4-3-5-13(9-12)14(15)8-11-6-7-11/h3-5,9-11,14H,6-8,15H2,1-2H3/t14-/m0/s1. The quantitative estimate of drug-likeness (QED) is 0.794. The van der Waals surface area contributed by atoms with Crippen LogP contribution >= 0.6 is 0 Å². The van der Waals surface area contributed by atoms with E-state index in [0.29, 0.717) is 5.92 Å². The van der Waals surface area contributed by atoms with Crippen LogP contribution in [0.1, 0.15) is 56.2 Å². The topological polar surface area (TPSA) is 26.0 Å². The second-order valence-corrected chi connectivity index (χ2v) is 5.11. The lowest BCUT2D eigenvalue weighted by Crippen LogP contribution is -2.11. The smallest absolute Gasteiger partial charge is 0.0297 e. The third-order valence-corrected chi connectivity index (χ3v) is 3.29. The lowest BCUT2D eigenvalue weighted by Gasteiger charge is -2.14. The highest BCUT2D eigenvalue weighted by molar-refractivity contribution is 5.28. The second-order valence-electron chi connectivity index (χ2n) is 5.11. The largest absolute Gasteiger partial charge is 0.324 e. The molecule has 1 nitrogen and oxygen atoms in total. The molecular formula is C14H21N. The molecule has 2 N–H and O–H groups in total. The fourth-order valence-corrected chi connectivity index (χ4v) is 2.00. The minimum atomic E-state index is 0.246. The molecule has 1 atom stereocenters. The number of hydrogen-bond donors (Lipinski definition) is 1. The van der Waals surface area contributed by atoms with Gasteiger partial charge in [-0.2, -0.15) is 0 Å². The molecule has 0 amide bonds. The van der Waals surface area contributed by atoms with Gasteiger partial charge in [-0.05, 0) is 29.4 Å².